The van der Waals surface area contributed by atoms with E-state index in [4.69, 9.17) is 21.7 Å². The van der Waals surface area contributed by atoms with E-state index in [1.807, 2.05) is 18.2 Å². The Balaban J connectivity index is 1.26. The average Bonchev–Trinajstić information content (AvgIpc) is 3.21. The summed E-state index contributed by atoms with van der Waals surface area (Å²) in [5.74, 6) is 1.58. The predicted octanol–water partition coefficient (Wildman–Crippen LogP) is 1.63. The zero-order chi connectivity index (χ0) is 19.3. The number of hydrogen-bond donors (Lipinski definition) is 3. The van der Waals surface area contributed by atoms with Crippen LogP contribution in [0.15, 0.2) is 42.5 Å². The molecule has 3 N–H and O–H groups in total. The van der Waals surface area contributed by atoms with Gasteiger partial charge in [-0.15, -0.1) is 0 Å². The lowest BCUT2D eigenvalue weighted by Crippen LogP contribution is -3.14. The Morgan fingerprint density at radius 2 is 1.82 bits per heavy atom. The van der Waals surface area contributed by atoms with Gasteiger partial charge in [0.25, 0.3) is 0 Å². The van der Waals surface area contributed by atoms with Gasteiger partial charge in [-0.25, -0.2) is 0 Å². The third-order valence-electron chi connectivity index (χ3n) is 5.35. The predicted molar refractivity (Wildman–Crippen MR) is 116 cm³/mol. The number of nitrogens with zero attached hydrogens (tertiary/aromatic N) is 1. The van der Waals surface area contributed by atoms with E-state index in [9.17, 15) is 0 Å². The number of hydrogen-bond acceptors (Lipinski definition) is 4. The summed E-state index contributed by atoms with van der Waals surface area (Å²) in [5.41, 5.74) is 3.36. The Bertz CT molecular complexity index is 820. The number of piperazine rings is 1. The van der Waals surface area contributed by atoms with Crippen LogP contribution >= 0.6 is 12.2 Å². The van der Waals surface area contributed by atoms with Crippen molar-refractivity contribution in [2.45, 2.75) is 13.5 Å². The number of ether oxygens (including phenoxy) is 2. The van der Waals surface area contributed by atoms with Crippen LogP contribution in [-0.4, -0.2) is 44.6 Å². The van der Waals surface area contributed by atoms with Gasteiger partial charge in [-0.1, -0.05) is 6.07 Å². The number of anilines is 2. The van der Waals surface area contributed by atoms with Crippen molar-refractivity contribution < 1.29 is 14.4 Å². The first-order valence-electron chi connectivity index (χ1n) is 9.83. The fourth-order valence-corrected chi connectivity index (χ4v) is 3.79. The second kappa shape index (κ2) is 8.67. The molecular formula is C21H27N4O2S+. The summed E-state index contributed by atoms with van der Waals surface area (Å²) < 4.78 is 10.7. The smallest absolute Gasteiger partial charge is 0.231 e. The fraction of sp³-hybridized carbons (Fsp3) is 0.381. The minimum atomic E-state index is 0.289. The van der Waals surface area contributed by atoms with Crippen molar-refractivity contribution in [1.29, 1.82) is 0 Å². The minimum absolute atomic E-state index is 0.289. The van der Waals surface area contributed by atoms with E-state index in [0.717, 1.165) is 35.8 Å². The van der Waals surface area contributed by atoms with Crippen molar-refractivity contribution >= 4 is 28.7 Å². The lowest BCUT2D eigenvalue weighted by molar-refractivity contribution is -0.898. The number of likely N-dealkylation sites (N-methyl/N-ethyl adjacent to an activating group) is 1. The molecule has 0 spiro atoms. The Morgan fingerprint density at radius 1 is 1.07 bits per heavy atom. The van der Waals surface area contributed by atoms with E-state index < -0.39 is 0 Å². The van der Waals surface area contributed by atoms with Crippen LogP contribution in [0.1, 0.15) is 12.5 Å². The molecule has 1 fully saturated rings. The molecule has 0 saturated carbocycles. The largest absolute Gasteiger partial charge is 0.454 e. The Labute approximate surface area is 171 Å². The van der Waals surface area contributed by atoms with Crippen molar-refractivity contribution in [3.63, 3.8) is 0 Å². The molecule has 0 atom stereocenters. The molecule has 0 radical (unpaired) electrons. The van der Waals surface area contributed by atoms with Crippen molar-refractivity contribution in [3.8, 4) is 11.5 Å². The van der Waals surface area contributed by atoms with E-state index in [1.54, 1.807) is 4.90 Å². The van der Waals surface area contributed by atoms with Gasteiger partial charge in [-0.3, -0.25) is 0 Å². The maximum atomic E-state index is 5.43. The molecule has 0 amide bonds. The first kappa shape index (κ1) is 18.8. The van der Waals surface area contributed by atoms with Gasteiger partial charge in [-0.2, -0.15) is 0 Å². The average molecular weight is 400 g/mol. The van der Waals surface area contributed by atoms with Gasteiger partial charge < -0.3 is 29.9 Å². The summed E-state index contributed by atoms with van der Waals surface area (Å²) in [4.78, 5) is 4.15. The molecule has 2 aliphatic heterocycles. The van der Waals surface area contributed by atoms with Crippen LogP contribution in [0.25, 0.3) is 0 Å². The van der Waals surface area contributed by atoms with Crippen LogP contribution in [0.2, 0.25) is 0 Å². The molecule has 2 aliphatic rings. The zero-order valence-electron chi connectivity index (χ0n) is 16.2. The van der Waals surface area contributed by atoms with Crippen molar-refractivity contribution in [2.75, 3.05) is 49.7 Å². The van der Waals surface area contributed by atoms with Crippen molar-refractivity contribution in [3.05, 3.63) is 48.0 Å². The van der Waals surface area contributed by atoms with Gasteiger partial charge in [0.15, 0.2) is 16.6 Å². The third-order valence-corrected chi connectivity index (χ3v) is 5.60. The molecule has 0 unspecified atom stereocenters. The normalized spacial score (nSPS) is 16.1. The summed E-state index contributed by atoms with van der Waals surface area (Å²) in [7, 11) is 0. The third kappa shape index (κ3) is 4.48. The topological polar surface area (TPSA) is 50.2 Å². The summed E-state index contributed by atoms with van der Waals surface area (Å²) in [6, 6.07) is 14.4. The fourth-order valence-electron chi connectivity index (χ4n) is 3.60. The van der Waals surface area contributed by atoms with Gasteiger partial charge in [0, 0.05) is 17.9 Å². The highest BCUT2D eigenvalue weighted by molar-refractivity contribution is 7.80. The molecule has 0 bridgehead atoms. The summed E-state index contributed by atoms with van der Waals surface area (Å²) >= 11 is 5.43. The maximum absolute atomic E-state index is 5.43. The molecule has 148 valence electrons. The second-order valence-electron chi connectivity index (χ2n) is 7.13. The zero-order valence-corrected chi connectivity index (χ0v) is 17.0. The SMILES string of the molecule is CC[NH+]1CCN(c2ccc(NC(=S)NCc3ccc4c(c3)OCO4)cc2)CC1. The molecular weight excluding hydrogens is 372 g/mol. The Morgan fingerprint density at radius 3 is 2.57 bits per heavy atom. The second-order valence-corrected chi connectivity index (χ2v) is 7.54. The maximum Gasteiger partial charge on any atom is 0.231 e. The Hall–Kier alpha value is -2.51. The van der Waals surface area contributed by atoms with Crippen LogP contribution in [0.5, 0.6) is 11.5 Å². The van der Waals surface area contributed by atoms with Gasteiger partial charge in [0.2, 0.25) is 6.79 Å². The molecule has 0 aliphatic carbocycles. The lowest BCUT2D eigenvalue weighted by atomic mass is 10.2. The molecule has 28 heavy (non-hydrogen) atoms. The van der Waals surface area contributed by atoms with Gasteiger partial charge in [0.05, 0.1) is 32.7 Å². The number of quaternary nitrogens is 1. The van der Waals surface area contributed by atoms with E-state index in [1.165, 1.54) is 25.3 Å². The molecule has 2 heterocycles. The van der Waals surface area contributed by atoms with Gasteiger partial charge >= 0.3 is 0 Å². The number of thiocarbonyl (C=S) groups is 1. The van der Waals surface area contributed by atoms with Crippen LogP contribution in [0, 0.1) is 0 Å². The van der Waals surface area contributed by atoms with Crippen LogP contribution in [0.4, 0.5) is 11.4 Å². The van der Waals surface area contributed by atoms with E-state index in [2.05, 4.69) is 46.7 Å². The Kier molecular flexibility index (Phi) is 5.83. The first-order valence-corrected chi connectivity index (χ1v) is 10.2. The molecule has 7 heteroatoms. The molecule has 6 nitrogen and oxygen atoms in total. The number of nitrogens with one attached hydrogen (secondary N) is 3. The number of fused-ring (bicyclic) bond motifs is 1. The molecule has 2 aromatic rings. The van der Waals surface area contributed by atoms with Gasteiger partial charge in [-0.05, 0) is 61.1 Å². The molecule has 2 aromatic carbocycles. The summed E-state index contributed by atoms with van der Waals surface area (Å²) in [6.45, 7) is 9.05. The van der Waals surface area contributed by atoms with Crippen LogP contribution < -0.4 is 29.9 Å². The van der Waals surface area contributed by atoms with Crippen molar-refractivity contribution in [2.24, 2.45) is 0 Å². The molecule has 1 saturated heterocycles. The van der Waals surface area contributed by atoms with E-state index in [0.29, 0.717) is 11.7 Å². The first-order chi connectivity index (χ1) is 13.7. The summed E-state index contributed by atoms with van der Waals surface area (Å²) in [5, 5.41) is 7.09. The van der Waals surface area contributed by atoms with Gasteiger partial charge in [0.1, 0.15) is 0 Å². The van der Waals surface area contributed by atoms with E-state index in [-0.39, 0.29) is 6.79 Å². The van der Waals surface area contributed by atoms with Crippen LogP contribution in [0.3, 0.4) is 0 Å². The number of benzene rings is 2. The highest BCUT2D eigenvalue weighted by atomic mass is 32.1. The number of rotatable bonds is 5. The molecule has 4 rings (SSSR count). The van der Waals surface area contributed by atoms with Crippen LogP contribution in [-0.2, 0) is 6.54 Å². The highest BCUT2D eigenvalue weighted by Crippen LogP contribution is 2.32. The highest BCUT2D eigenvalue weighted by Gasteiger charge is 2.18. The monoisotopic (exact) mass is 399 g/mol. The standard InChI is InChI=1S/C21H26N4O2S/c1-2-24-9-11-25(12-10-24)18-6-4-17(5-7-18)23-21(28)22-14-16-3-8-19-20(13-16)27-15-26-19/h3-8,13H,2,9-12,14-15H2,1H3,(H2,22,23,28)/p+1. The summed E-state index contributed by atoms with van der Waals surface area (Å²) in [6.07, 6.45) is 0. The lowest BCUT2D eigenvalue weighted by Gasteiger charge is -2.33. The van der Waals surface area contributed by atoms with E-state index >= 15 is 0 Å². The van der Waals surface area contributed by atoms with Crippen molar-refractivity contribution in [1.82, 2.24) is 5.32 Å². The quantitative estimate of drug-likeness (QED) is 0.665. The molecule has 0 aromatic heterocycles. The minimum Gasteiger partial charge on any atom is -0.454 e.